The van der Waals surface area contributed by atoms with Crippen molar-refractivity contribution in [3.8, 4) is 11.3 Å². The number of nitrogens with zero attached hydrogens (tertiary/aromatic N) is 1. The van der Waals surface area contributed by atoms with Crippen molar-refractivity contribution in [3.05, 3.63) is 77.5 Å². The molecule has 0 radical (unpaired) electrons. The molecule has 0 N–H and O–H groups in total. The molecule has 1 aliphatic heterocycles. The van der Waals surface area contributed by atoms with Crippen LogP contribution in [0.1, 0.15) is 57.2 Å². The maximum absolute atomic E-state index is 2.48. The highest BCUT2D eigenvalue weighted by Gasteiger charge is 2.33. The smallest absolute Gasteiger partial charge is 0.200 e. The molecule has 0 aliphatic carbocycles. The number of aromatic nitrogens is 1. The van der Waals surface area contributed by atoms with E-state index in [0.29, 0.717) is 5.92 Å². The molecule has 6 rings (SSSR count). The van der Waals surface area contributed by atoms with Crippen LogP contribution in [0, 0.1) is 12.3 Å². The third-order valence-electron chi connectivity index (χ3n) is 7.59. The van der Waals surface area contributed by atoms with E-state index >= 15 is 0 Å². The molecule has 0 amide bonds. The van der Waals surface area contributed by atoms with Crippen molar-refractivity contribution in [3.63, 3.8) is 0 Å². The Labute approximate surface area is 213 Å². The maximum atomic E-state index is 2.48. The van der Waals surface area contributed by atoms with Crippen molar-refractivity contribution in [2.45, 2.75) is 63.7 Å². The molecule has 2 heterocycles. The molecular weight excluding hydrogens is 442 g/mol. The van der Waals surface area contributed by atoms with Crippen LogP contribution in [-0.4, -0.2) is 0 Å². The fraction of sp³-hybridized carbons (Fsp3) is 0.303. The second kappa shape index (κ2) is 7.83. The zero-order valence-corrected chi connectivity index (χ0v) is 22.7. The van der Waals surface area contributed by atoms with E-state index < -0.39 is 0 Å². The van der Waals surface area contributed by atoms with Crippen molar-refractivity contribution in [1.29, 1.82) is 0 Å². The summed E-state index contributed by atoms with van der Waals surface area (Å²) in [6, 6.07) is 20.7. The van der Waals surface area contributed by atoms with Crippen molar-refractivity contribution >= 4 is 44.1 Å². The lowest BCUT2D eigenvalue weighted by Crippen LogP contribution is -2.32. The average Bonchev–Trinajstić information content (AvgIpc) is 2.81. The molecular formula is C33H34NS+. The van der Waals surface area contributed by atoms with Gasteiger partial charge in [-0.3, -0.25) is 0 Å². The number of hydrogen-bond acceptors (Lipinski definition) is 1. The Morgan fingerprint density at radius 1 is 0.857 bits per heavy atom. The highest BCUT2D eigenvalue weighted by atomic mass is 32.2. The lowest BCUT2D eigenvalue weighted by Gasteiger charge is -2.28. The van der Waals surface area contributed by atoms with Crippen molar-refractivity contribution in [2.24, 2.45) is 12.5 Å². The fourth-order valence-electron chi connectivity index (χ4n) is 6.05. The van der Waals surface area contributed by atoms with Gasteiger partial charge in [-0.15, -0.1) is 0 Å². The Morgan fingerprint density at radius 3 is 2.29 bits per heavy atom. The molecule has 0 atom stereocenters. The van der Waals surface area contributed by atoms with Gasteiger partial charge >= 0.3 is 0 Å². The third kappa shape index (κ3) is 3.41. The van der Waals surface area contributed by atoms with Gasteiger partial charge in [0.1, 0.15) is 7.05 Å². The van der Waals surface area contributed by atoms with Crippen LogP contribution in [0.15, 0.2) is 70.6 Å². The minimum absolute atomic E-state index is 0.203. The highest BCUT2D eigenvalue weighted by Crippen LogP contribution is 2.53. The summed E-state index contributed by atoms with van der Waals surface area (Å²) in [7, 11) is 2.21. The van der Waals surface area contributed by atoms with Crippen LogP contribution < -0.4 is 4.57 Å². The van der Waals surface area contributed by atoms with Crippen LogP contribution in [-0.2, 0) is 13.5 Å². The van der Waals surface area contributed by atoms with Crippen molar-refractivity contribution in [2.75, 3.05) is 0 Å². The summed E-state index contributed by atoms with van der Waals surface area (Å²) in [6.07, 6.45) is 3.32. The van der Waals surface area contributed by atoms with Crippen LogP contribution >= 0.6 is 11.8 Å². The summed E-state index contributed by atoms with van der Waals surface area (Å²) in [5.74, 6) is 0.492. The zero-order valence-electron chi connectivity index (χ0n) is 21.9. The van der Waals surface area contributed by atoms with Crippen LogP contribution in [0.2, 0.25) is 0 Å². The summed E-state index contributed by atoms with van der Waals surface area (Å²) < 4.78 is 2.35. The van der Waals surface area contributed by atoms with Gasteiger partial charge in [-0.25, -0.2) is 4.57 Å². The first-order valence-corrected chi connectivity index (χ1v) is 13.6. The number of pyridine rings is 1. The summed E-state index contributed by atoms with van der Waals surface area (Å²) in [4.78, 5) is 2.84. The molecule has 0 spiro atoms. The predicted octanol–water partition coefficient (Wildman–Crippen LogP) is 9.12. The summed E-state index contributed by atoms with van der Waals surface area (Å²) in [5.41, 5.74) is 7.32. The lowest BCUT2D eigenvalue weighted by atomic mass is 9.83. The molecule has 0 saturated carbocycles. The van der Waals surface area contributed by atoms with E-state index in [1.807, 2.05) is 11.8 Å². The molecule has 1 aliphatic rings. The summed E-state index contributed by atoms with van der Waals surface area (Å²) in [6.45, 7) is 14.0. The van der Waals surface area contributed by atoms with Gasteiger partial charge in [-0.2, -0.15) is 0 Å². The van der Waals surface area contributed by atoms with E-state index in [1.54, 1.807) is 0 Å². The molecule has 0 unspecified atom stereocenters. The molecule has 1 nitrogen and oxygen atoms in total. The molecule has 2 heteroatoms. The maximum Gasteiger partial charge on any atom is 0.222 e. The van der Waals surface area contributed by atoms with Gasteiger partial charge in [0.05, 0.1) is 10.9 Å². The number of rotatable bonds is 2. The molecule has 35 heavy (non-hydrogen) atoms. The Balaban J connectivity index is 1.81. The van der Waals surface area contributed by atoms with Crippen LogP contribution in [0.5, 0.6) is 0 Å². The Kier molecular flexibility index (Phi) is 5.06. The van der Waals surface area contributed by atoms with Crippen molar-refractivity contribution in [1.82, 2.24) is 0 Å². The van der Waals surface area contributed by atoms with Crippen molar-refractivity contribution < 1.29 is 4.57 Å². The predicted molar refractivity (Wildman–Crippen MR) is 152 cm³/mol. The monoisotopic (exact) mass is 476 g/mol. The molecule has 0 saturated heterocycles. The van der Waals surface area contributed by atoms with E-state index in [9.17, 15) is 0 Å². The van der Waals surface area contributed by atoms with Gasteiger partial charge in [0.2, 0.25) is 5.69 Å². The SMILES string of the molecule is Cc1c2c(c(CC(C)(C)C)c3ccccc13)Sc1cc3c(C(C)C)cccc3c3cc[n+](C)c-2c13. The third-order valence-corrected chi connectivity index (χ3v) is 8.78. The number of fused-ring (bicyclic) bond motifs is 5. The first-order chi connectivity index (χ1) is 16.7. The number of hydrogen-bond donors (Lipinski definition) is 0. The van der Waals surface area contributed by atoms with Gasteiger partial charge in [-0.05, 0) is 69.0 Å². The summed E-state index contributed by atoms with van der Waals surface area (Å²) >= 11 is 2.00. The van der Waals surface area contributed by atoms with Gasteiger partial charge in [-0.1, -0.05) is 88.8 Å². The number of benzene rings is 4. The Hall–Kier alpha value is -2.84. The standard InChI is InChI=1S/C33H34NS/c1-19(2)21-13-10-14-24-25-15-16-34(7)31-29-20(3)22-11-8-9-12-23(22)27(18-33(4,5)6)32(29)35-28(30(25)31)17-26(21)24/h8-17,19H,18H2,1-7H3/q+1. The average molecular weight is 477 g/mol. The quantitative estimate of drug-likeness (QED) is 0.178. The molecule has 1 aromatic heterocycles. The van der Waals surface area contributed by atoms with Crippen LogP contribution in [0.4, 0.5) is 0 Å². The van der Waals surface area contributed by atoms with Gasteiger partial charge in [0, 0.05) is 21.2 Å². The van der Waals surface area contributed by atoms with Crippen LogP contribution in [0.25, 0.3) is 43.6 Å². The molecule has 0 bridgehead atoms. The van der Waals surface area contributed by atoms with Gasteiger partial charge in [0.15, 0.2) is 6.20 Å². The van der Waals surface area contributed by atoms with E-state index in [0.717, 1.165) is 6.42 Å². The normalized spacial score (nSPS) is 13.3. The van der Waals surface area contributed by atoms with E-state index in [-0.39, 0.29) is 5.41 Å². The first kappa shape index (κ1) is 22.6. The minimum Gasteiger partial charge on any atom is -0.200 e. The Bertz CT molecular complexity index is 1670. The summed E-state index contributed by atoms with van der Waals surface area (Å²) in [5, 5.41) is 8.34. The lowest BCUT2D eigenvalue weighted by molar-refractivity contribution is -0.659. The van der Waals surface area contributed by atoms with E-state index in [4.69, 9.17) is 0 Å². The Morgan fingerprint density at radius 2 is 1.57 bits per heavy atom. The molecule has 4 aromatic carbocycles. The molecule has 5 aromatic rings. The largest absolute Gasteiger partial charge is 0.222 e. The molecule has 176 valence electrons. The van der Waals surface area contributed by atoms with Gasteiger partial charge in [0.25, 0.3) is 0 Å². The van der Waals surface area contributed by atoms with Gasteiger partial charge < -0.3 is 0 Å². The second-order valence-electron chi connectivity index (χ2n) is 11.7. The highest BCUT2D eigenvalue weighted by molar-refractivity contribution is 8.00. The topological polar surface area (TPSA) is 3.88 Å². The fourth-order valence-corrected chi connectivity index (χ4v) is 7.42. The second-order valence-corrected chi connectivity index (χ2v) is 12.8. The van der Waals surface area contributed by atoms with Crippen LogP contribution in [0.3, 0.4) is 0 Å². The minimum atomic E-state index is 0.203. The zero-order chi connectivity index (χ0) is 24.6. The van der Waals surface area contributed by atoms with E-state index in [2.05, 4.69) is 114 Å². The molecule has 0 fully saturated rings. The first-order valence-electron chi connectivity index (χ1n) is 12.8. The van der Waals surface area contributed by atoms with E-state index in [1.165, 1.54) is 70.1 Å². The number of aryl methyl sites for hydroxylation is 2.